The number of thioether (sulfide) groups is 1. The third-order valence-electron chi connectivity index (χ3n) is 4.25. The van der Waals surface area contributed by atoms with Crippen LogP contribution in [0.25, 0.3) is 0 Å². The third kappa shape index (κ3) is 3.60. The number of carbonyl (C=O) groups excluding carboxylic acids is 2. The van der Waals surface area contributed by atoms with Crippen LogP contribution in [0.5, 0.6) is 0 Å². The molecule has 6 heteroatoms. The van der Waals surface area contributed by atoms with Gasteiger partial charge in [0.25, 0.3) is 0 Å². The van der Waals surface area contributed by atoms with Gasteiger partial charge >= 0.3 is 5.97 Å². The van der Waals surface area contributed by atoms with Gasteiger partial charge in [-0.3, -0.25) is 9.59 Å². The number of benzene rings is 2. The van der Waals surface area contributed by atoms with Crippen LogP contribution in [0.15, 0.2) is 57.9 Å². The van der Waals surface area contributed by atoms with Crippen LogP contribution in [0.4, 0.5) is 0 Å². The molecule has 25 heavy (non-hydrogen) atoms. The summed E-state index contributed by atoms with van der Waals surface area (Å²) in [5.74, 6) is -0.553. The molecule has 0 spiro atoms. The van der Waals surface area contributed by atoms with Gasteiger partial charge in [-0.15, -0.1) is 11.8 Å². The maximum atomic E-state index is 12.8. The normalized spacial score (nSPS) is 22.5. The molecule has 130 valence electrons. The molecule has 3 rings (SSSR count). The molecule has 1 amide bonds. The second-order valence-corrected chi connectivity index (χ2v) is 8.34. The third-order valence-corrected chi connectivity index (χ3v) is 6.20. The first kappa shape index (κ1) is 18.0. The summed E-state index contributed by atoms with van der Waals surface area (Å²) in [6.07, 6.45) is 0.0823. The van der Waals surface area contributed by atoms with E-state index in [1.165, 1.54) is 18.9 Å². The first-order chi connectivity index (χ1) is 11.9. The van der Waals surface area contributed by atoms with Gasteiger partial charge in [0.1, 0.15) is 0 Å². The van der Waals surface area contributed by atoms with Crippen molar-refractivity contribution in [3.63, 3.8) is 0 Å². The average molecular weight is 420 g/mol. The summed E-state index contributed by atoms with van der Waals surface area (Å²) < 4.78 is 5.00. The largest absolute Gasteiger partial charge is 0.468 e. The van der Waals surface area contributed by atoms with E-state index >= 15 is 0 Å². The first-order valence-electron chi connectivity index (χ1n) is 7.83. The topological polar surface area (TPSA) is 55.4 Å². The van der Waals surface area contributed by atoms with E-state index < -0.39 is 16.8 Å². The van der Waals surface area contributed by atoms with Crippen molar-refractivity contribution in [3.8, 4) is 0 Å². The monoisotopic (exact) mass is 419 g/mol. The van der Waals surface area contributed by atoms with Crippen molar-refractivity contribution in [2.45, 2.75) is 29.0 Å². The average Bonchev–Trinajstić information content (AvgIpc) is 2.94. The lowest BCUT2D eigenvalue weighted by Crippen LogP contribution is -2.41. The summed E-state index contributed by atoms with van der Waals surface area (Å²) in [6, 6.07) is 15.1. The fraction of sp³-hybridized carbons (Fsp3) is 0.263. The van der Waals surface area contributed by atoms with E-state index in [0.717, 1.165) is 20.5 Å². The quantitative estimate of drug-likeness (QED) is 0.760. The zero-order chi connectivity index (χ0) is 18.0. The highest BCUT2D eigenvalue weighted by Gasteiger charge is 2.55. The van der Waals surface area contributed by atoms with Crippen LogP contribution in [0.3, 0.4) is 0 Å². The van der Waals surface area contributed by atoms with Gasteiger partial charge in [0.05, 0.1) is 19.6 Å². The Labute approximate surface area is 159 Å². The van der Waals surface area contributed by atoms with E-state index in [9.17, 15) is 9.59 Å². The van der Waals surface area contributed by atoms with Crippen molar-refractivity contribution in [1.82, 2.24) is 5.32 Å². The van der Waals surface area contributed by atoms with Crippen LogP contribution < -0.4 is 5.32 Å². The molecule has 1 aliphatic heterocycles. The maximum absolute atomic E-state index is 12.8. The Kier molecular flexibility index (Phi) is 5.20. The van der Waals surface area contributed by atoms with Crippen LogP contribution in [0.2, 0.25) is 0 Å². The minimum absolute atomic E-state index is 0.0823. The predicted octanol–water partition coefficient (Wildman–Crippen LogP) is 4.02. The summed E-state index contributed by atoms with van der Waals surface area (Å²) in [6.45, 7) is 2.01. The number of aryl methyl sites for hydroxylation is 1. The molecular formula is C19H18BrNO3S. The molecule has 0 unspecified atom stereocenters. The number of rotatable bonds is 4. The number of nitrogens with one attached hydrogen (secondary N) is 1. The molecule has 0 aliphatic carbocycles. The van der Waals surface area contributed by atoms with E-state index in [4.69, 9.17) is 4.74 Å². The first-order valence-corrected chi connectivity index (χ1v) is 9.44. The number of hydrogen-bond acceptors (Lipinski definition) is 4. The zero-order valence-corrected chi connectivity index (χ0v) is 16.3. The van der Waals surface area contributed by atoms with E-state index in [2.05, 4.69) is 21.2 Å². The molecule has 1 N–H and O–H groups in total. The minimum Gasteiger partial charge on any atom is -0.468 e. The van der Waals surface area contributed by atoms with Crippen molar-refractivity contribution in [3.05, 3.63) is 64.1 Å². The van der Waals surface area contributed by atoms with Crippen molar-refractivity contribution in [2.75, 3.05) is 7.11 Å². The standard InChI is InChI=1S/C19H18BrNO3S/c1-12-3-9-15(10-4-12)25-19(18(23)24-2)11-16(22)21-17(19)13-5-7-14(20)8-6-13/h3-10,17H,11H2,1-2H3,(H,21,22)/t17-,19-/m1/s1. The summed E-state index contributed by atoms with van der Waals surface area (Å²) in [5, 5.41) is 2.95. The van der Waals surface area contributed by atoms with Gasteiger partial charge in [0.2, 0.25) is 5.91 Å². The van der Waals surface area contributed by atoms with E-state index in [-0.39, 0.29) is 12.3 Å². The van der Waals surface area contributed by atoms with Gasteiger partial charge in [-0.1, -0.05) is 45.8 Å². The van der Waals surface area contributed by atoms with Crippen LogP contribution in [0, 0.1) is 6.92 Å². The van der Waals surface area contributed by atoms with E-state index in [0.29, 0.717) is 0 Å². The Bertz CT molecular complexity index is 791. The van der Waals surface area contributed by atoms with Crippen molar-refractivity contribution in [1.29, 1.82) is 0 Å². The molecule has 2 aromatic carbocycles. The van der Waals surface area contributed by atoms with Gasteiger partial charge in [-0.2, -0.15) is 0 Å². The number of carbonyl (C=O) groups is 2. The molecule has 2 atom stereocenters. The van der Waals surface area contributed by atoms with Gasteiger partial charge < -0.3 is 10.1 Å². The Balaban J connectivity index is 2.04. The number of esters is 1. The second-order valence-electron chi connectivity index (χ2n) is 6.03. The molecule has 1 heterocycles. The number of amides is 1. The number of methoxy groups -OCH3 is 1. The van der Waals surface area contributed by atoms with Crippen molar-refractivity contribution in [2.24, 2.45) is 0 Å². The number of hydrogen-bond donors (Lipinski definition) is 1. The molecule has 0 saturated carbocycles. The molecule has 0 bridgehead atoms. The smallest absolute Gasteiger partial charge is 0.325 e. The molecule has 0 radical (unpaired) electrons. The summed E-state index contributed by atoms with van der Waals surface area (Å²) >= 11 is 4.79. The number of halogens is 1. The maximum Gasteiger partial charge on any atom is 0.325 e. The van der Waals surface area contributed by atoms with Gasteiger partial charge in [-0.05, 0) is 36.8 Å². The Morgan fingerprint density at radius 1 is 1.20 bits per heavy atom. The molecule has 4 nitrogen and oxygen atoms in total. The highest BCUT2D eigenvalue weighted by molar-refractivity contribution is 9.10. The van der Waals surface area contributed by atoms with E-state index in [1.807, 2.05) is 55.5 Å². The molecule has 2 aromatic rings. The molecule has 1 fully saturated rings. The SMILES string of the molecule is COC(=O)[C@@]1(Sc2ccc(C)cc2)CC(=O)N[C@@H]1c1ccc(Br)cc1. The van der Waals surface area contributed by atoms with Crippen LogP contribution in [-0.4, -0.2) is 23.7 Å². The zero-order valence-electron chi connectivity index (χ0n) is 13.9. The molecule has 0 aromatic heterocycles. The van der Waals surface area contributed by atoms with Gasteiger partial charge in [-0.25, -0.2) is 0 Å². The molecule has 1 saturated heterocycles. The fourth-order valence-corrected chi connectivity index (χ4v) is 4.63. The minimum atomic E-state index is -1.03. The summed E-state index contributed by atoms with van der Waals surface area (Å²) in [5.41, 5.74) is 2.01. The Hall–Kier alpha value is -1.79. The van der Waals surface area contributed by atoms with Gasteiger partial charge in [0, 0.05) is 9.37 Å². The summed E-state index contributed by atoms with van der Waals surface area (Å²) in [4.78, 5) is 25.9. The van der Waals surface area contributed by atoms with Crippen molar-refractivity contribution >= 4 is 39.6 Å². The van der Waals surface area contributed by atoms with Gasteiger partial charge in [0.15, 0.2) is 4.75 Å². The van der Waals surface area contributed by atoms with Crippen LogP contribution in [-0.2, 0) is 14.3 Å². The van der Waals surface area contributed by atoms with Crippen LogP contribution >= 0.6 is 27.7 Å². The number of ether oxygens (including phenoxy) is 1. The lowest BCUT2D eigenvalue weighted by atomic mass is 9.93. The lowest BCUT2D eigenvalue weighted by molar-refractivity contribution is -0.144. The lowest BCUT2D eigenvalue weighted by Gasteiger charge is -2.31. The Morgan fingerprint density at radius 2 is 1.84 bits per heavy atom. The summed E-state index contributed by atoms with van der Waals surface area (Å²) in [7, 11) is 1.36. The molecule has 1 aliphatic rings. The van der Waals surface area contributed by atoms with Crippen molar-refractivity contribution < 1.29 is 14.3 Å². The molecular weight excluding hydrogens is 402 g/mol. The highest BCUT2D eigenvalue weighted by Crippen LogP contribution is 2.49. The predicted molar refractivity (Wildman–Crippen MR) is 101 cm³/mol. The second kappa shape index (κ2) is 7.22. The Morgan fingerprint density at radius 3 is 2.44 bits per heavy atom. The van der Waals surface area contributed by atoms with E-state index in [1.54, 1.807) is 0 Å². The highest BCUT2D eigenvalue weighted by atomic mass is 79.9. The fourth-order valence-electron chi connectivity index (χ4n) is 2.99. The van der Waals surface area contributed by atoms with Crippen LogP contribution in [0.1, 0.15) is 23.6 Å².